The molecule has 1 atom stereocenters. The highest BCUT2D eigenvalue weighted by Gasteiger charge is 2.21. The molecule has 2 heterocycles. The number of benzene rings is 1. The predicted octanol–water partition coefficient (Wildman–Crippen LogP) is 1.80. The van der Waals surface area contributed by atoms with Gasteiger partial charge in [0.15, 0.2) is 0 Å². The van der Waals surface area contributed by atoms with Crippen LogP contribution in [0.15, 0.2) is 36.7 Å². The maximum absolute atomic E-state index is 12.6. The number of aromatic nitrogens is 2. The average Bonchev–Trinajstić information content (AvgIpc) is 3.09. The molecule has 0 radical (unpaired) electrons. The van der Waals surface area contributed by atoms with Crippen LogP contribution >= 0.6 is 24.8 Å². The molecule has 3 N–H and O–H groups in total. The third kappa shape index (κ3) is 6.97. The van der Waals surface area contributed by atoms with E-state index in [2.05, 4.69) is 32.8 Å². The topological polar surface area (TPSA) is 82.4 Å². The van der Waals surface area contributed by atoms with Gasteiger partial charge in [-0.1, -0.05) is 24.3 Å². The summed E-state index contributed by atoms with van der Waals surface area (Å²) in [6, 6.07) is 7.79. The summed E-state index contributed by atoms with van der Waals surface area (Å²) >= 11 is 0. The summed E-state index contributed by atoms with van der Waals surface area (Å²) in [6.07, 6.45) is 5.04. The van der Waals surface area contributed by atoms with Gasteiger partial charge >= 0.3 is 0 Å². The smallest absolute Gasteiger partial charge is 0.242 e. The highest BCUT2D eigenvalue weighted by molar-refractivity contribution is 5.85. The molecule has 0 spiro atoms. The highest BCUT2D eigenvalue weighted by atomic mass is 35.5. The van der Waals surface area contributed by atoms with Gasteiger partial charge in [0.2, 0.25) is 5.91 Å². The molecule has 2 aromatic rings. The molecule has 7 nitrogen and oxygen atoms in total. The first-order valence-corrected chi connectivity index (χ1v) is 9.47. The van der Waals surface area contributed by atoms with Crippen molar-refractivity contribution in [1.29, 1.82) is 0 Å². The lowest BCUT2D eigenvalue weighted by molar-refractivity contribution is -0.123. The maximum atomic E-state index is 12.6. The number of aliphatic hydroxyl groups excluding tert-OH is 1. The second kappa shape index (κ2) is 12.1. The van der Waals surface area contributed by atoms with E-state index in [9.17, 15) is 9.90 Å². The summed E-state index contributed by atoms with van der Waals surface area (Å²) in [4.78, 5) is 15.0. The molecule has 1 aliphatic rings. The van der Waals surface area contributed by atoms with Crippen molar-refractivity contribution in [2.75, 3.05) is 20.1 Å². The van der Waals surface area contributed by atoms with Crippen molar-refractivity contribution < 1.29 is 9.90 Å². The molecule has 1 amide bonds. The van der Waals surface area contributed by atoms with Crippen LogP contribution in [-0.2, 0) is 24.9 Å². The van der Waals surface area contributed by atoms with Gasteiger partial charge in [0.1, 0.15) is 6.04 Å². The number of piperidine rings is 1. The van der Waals surface area contributed by atoms with Gasteiger partial charge < -0.3 is 15.7 Å². The van der Waals surface area contributed by atoms with E-state index in [4.69, 9.17) is 0 Å². The van der Waals surface area contributed by atoms with E-state index in [0.717, 1.165) is 43.6 Å². The third-order valence-corrected chi connectivity index (χ3v) is 5.13. The molecule has 9 heteroatoms. The molecule has 0 aliphatic carbocycles. The fourth-order valence-corrected chi connectivity index (χ4v) is 3.53. The Kier molecular flexibility index (Phi) is 10.6. The van der Waals surface area contributed by atoms with Crippen molar-refractivity contribution in [2.45, 2.75) is 38.1 Å². The third-order valence-electron chi connectivity index (χ3n) is 5.13. The Morgan fingerprint density at radius 1 is 1.24 bits per heavy atom. The monoisotopic (exact) mass is 443 g/mol. The van der Waals surface area contributed by atoms with Gasteiger partial charge in [0, 0.05) is 45.0 Å². The second-order valence-corrected chi connectivity index (χ2v) is 7.16. The van der Waals surface area contributed by atoms with Gasteiger partial charge in [-0.15, -0.1) is 24.8 Å². The fourth-order valence-electron chi connectivity index (χ4n) is 3.53. The molecule has 29 heavy (non-hydrogen) atoms. The number of carbonyl (C=O) groups excluding carboxylic acids is 1. The first-order chi connectivity index (χ1) is 13.1. The quantitative estimate of drug-likeness (QED) is 0.607. The number of hydrogen-bond donors (Lipinski definition) is 3. The number of hydrogen-bond acceptors (Lipinski definition) is 5. The van der Waals surface area contributed by atoms with Crippen LogP contribution in [0.4, 0.5) is 0 Å². The summed E-state index contributed by atoms with van der Waals surface area (Å²) < 4.78 is 1.69. The van der Waals surface area contributed by atoms with E-state index in [0.29, 0.717) is 6.54 Å². The zero-order valence-corrected chi connectivity index (χ0v) is 18.5. The minimum Gasteiger partial charge on any atom is -0.393 e. The molecule has 1 fully saturated rings. The number of carbonyl (C=O) groups is 1. The van der Waals surface area contributed by atoms with Gasteiger partial charge in [-0.25, -0.2) is 0 Å². The molecule has 162 valence electrons. The number of aliphatic hydroxyl groups is 1. The molecule has 1 aromatic heterocycles. The maximum Gasteiger partial charge on any atom is 0.242 e. The van der Waals surface area contributed by atoms with E-state index in [-0.39, 0.29) is 36.8 Å². The zero-order valence-electron chi connectivity index (χ0n) is 16.9. The Morgan fingerprint density at radius 3 is 2.48 bits per heavy atom. The average molecular weight is 444 g/mol. The summed E-state index contributed by atoms with van der Waals surface area (Å²) in [6.45, 7) is 3.15. The Balaban J connectivity index is 0.00000210. The largest absolute Gasteiger partial charge is 0.393 e. The summed E-state index contributed by atoms with van der Waals surface area (Å²) in [7, 11) is 3.61. The second-order valence-electron chi connectivity index (χ2n) is 7.16. The molecule has 0 saturated carbocycles. The van der Waals surface area contributed by atoms with Gasteiger partial charge in [-0.3, -0.25) is 14.4 Å². The highest BCUT2D eigenvalue weighted by Crippen LogP contribution is 2.17. The molecule has 1 saturated heterocycles. The van der Waals surface area contributed by atoms with E-state index in [1.807, 2.05) is 25.4 Å². The van der Waals surface area contributed by atoms with Crippen LogP contribution in [0.5, 0.6) is 0 Å². The fraction of sp³-hybridized carbons (Fsp3) is 0.500. The van der Waals surface area contributed by atoms with Crippen molar-refractivity contribution in [1.82, 2.24) is 25.3 Å². The molecule has 1 aromatic carbocycles. The van der Waals surface area contributed by atoms with Crippen molar-refractivity contribution >= 4 is 30.7 Å². The molecular formula is C20H31Cl2N5O2. The SMILES string of the molecule is CNC(C(=O)NCc1ccccc1CN1CCC(O)CC1)c1cnn(C)c1.Cl.Cl. The van der Waals surface area contributed by atoms with Gasteiger partial charge in [-0.2, -0.15) is 5.10 Å². The number of likely N-dealkylation sites (tertiary alicyclic amines) is 1. The van der Waals surface area contributed by atoms with Crippen molar-refractivity contribution in [2.24, 2.45) is 7.05 Å². The van der Waals surface area contributed by atoms with Crippen LogP contribution in [0.3, 0.4) is 0 Å². The minimum atomic E-state index is -0.422. The van der Waals surface area contributed by atoms with Crippen LogP contribution in [-0.4, -0.2) is 51.9 Å². The van der Waals surface area contributed by atoms with Gasteiger partial charge in [-0.05, 0) is 31.0 Å². The van der Waals surface area contributed by atoms with E-state index >= 15 is 0 Å². The first-order valence-electron chi connectivity index (χ1n) is 9.47. The van der Waals surface area contributed by atoms with Crippen LogP contribution in [0, 0.1) is 0 Å². The Morgan fingerprint density at radius 2 is 1.90 bits per heavy atom. The number of rotatable bonds is 7. The minimum absolute atomic E-state index is 0. The number of aryl methyl sites for hydroxylation is 1. The Hall–Kier alpha value is -1.64. The number of likely N-dealkylation sites (N-methyl/N-ethyl adjacent to an activating group) is 1. The molecule has 0 bridgehead atoms. The van der Waals surface area contributed by atoms with Crippen molar-refractivity contribution in [3.05, 3.63) is 53.3 Å². The number of nitrogens with zero attached hydrogens (tertiary/aromatic N) is 3. The lowest BCUT2D eigenvalue weighted by atomic mass is 10.0. The molecule has 1 aliphatic heterocycles. The van der Waals surface area contributed by atoms with Gasteiger partial charge in [0.25, 0.3) is 0 Å². The summed E-state index contributed by atoms with van der Waals surface area (Å²) in [5, 5.41) is 19.9. The number of halogens is 2. The van der Waals surface area contributed by atoms with Crippen molar-refractivity contribution in [3.8, 4) is 0 Å². The van der Waals surface area contributed by atoms with E-state index < -0.39 is 6.04 Å². The lowest BCUT2D eigenvalue weighted by Crippen LogP contribution is -2.37. The molecule has 3 rings (SSSR count). The zero-order chi connectivity index (χ0) is 19.2. The number of nitrogens with one attached hydrogen (secondary N) is 2. The van der Waals surface area contributed by atoms with Gasteiger partial charge in [0.05, 0.1) is 12.3 Å². The molecule has 1 unspecified atom stereocenters. The number of amides is 1. The van der Waals surface area contributed by atoms with E-state index in [1.54, 1.807) is 17.9 Å². The summed E-state index contributed by atoms with van der Waals surface area (Å²) in [5.41, 5.74) is 3.19. The summed E-state index contributed by atoms with van der Waals surface area (Å²) in [5.74, 6) is -0.0682. The Labute approximate surface area is 184 Å². The van der Waals surface area contributed by atoms with Crippen LogP contribution in [0.1, 0.15) is 35.6 Å². The van der Waals surface area contributed by atoms with E-state index in [1.165, 1.54) is 5.56 Å². The standard InChI is InChI=1S/C20H29N5O2.2ClH/c1-21-19(17-12-23-24(2)13-17)20(27)22-11-15-5-3-4-6-16(15)14-25-9-7-18(26)8-10-25;;/h3-6,12-13,18-19,21,26H,7-11,14H2,1-2H3,(H,22,27);2*1H. The van der Waals surface area contributed by atoms with Crippen LogP contribution in [0.25, 0.3) is 0 Å². The first kappa shape index (κ1) is 25.4. The predicted molar refractivity (Wildman–Crippen MR) is 118 cm³/mol. The normalized spacial score (nSPS) is 15.8. The Bertz CT molecular complexity index is 763. The van der Waals surface area contributed by atoms with Crippen LogP contribution in [0.2, 0.25) is 0 Å². The van der Waals surface area contributed by atoms with Crippen molar-refractivity contribution in [3.63, 3.8) is 0 Å². The van der Waals surface area contributed by atoms with Crippen LogP contribution < -0.4 is 10.6 Å². The molecular weight excluding hydrogens is 413 g/mol. The lowest BCUT2D eigenvalue weighted by Gasteiger charge is -2.30.